The second-order valence-corrected chi connectivity index (χ2v) is 4.59. The Hall–Kier alpha value is -1.18. The highest BCUT2D eigenvalue weighted by Gasteiger charge is 2.28. The second kappa shape index (κ2) is 8.84. The molecule has 7 heteroatoms. The summed E-state index contributed by atoms with van der Waals surface area (Å²) in [7, 11) is 0. The van der Waals surface area contributed by atoms with Crippen LogP contribution in [0.4, 0.5) is 0 Å². The van der Waals surface area contributed by atoms with Crippen LogP contribution in [0.1, 0.15) is 26.2 Å². The van der Waals surface area contributed by atoms with E-state index < -0.39 is 0 Å². The molecule has 1 atom stereocenters. The Morgan fingerprint density at radius 2 is 2.26 bits per heavy atom. The zero-order valence-electron chi connectivity index (χ0n) is 11.5. The topological polar surface area (TPSA) is 96.7 Å². The zero-order chi connectivity index (χ0) is 14.1. The molecule has 0 saturated carbocycles. The molecule has 110 valence electrons. The molecule has 0 spiro atoms. The van der Waals surface area contributed by atoms with E-state index in [0.29, 0.717) is 45.7 Å². The van der Waals surface area contributed by atoms with E-state index >= 15 is 0 Å². The van der Waals surface area contributed by atoms with Crippen LogP contribution in [0.2, 0.25) is 0 Å². The largest absolute Gasteiger partial charge is 0.378 e. The standard InChI is InChI=1S/C12H24N4O3/c1-2-5-14-12(18)10-9-19-8-7-16(10)6-3-4-11(17)15-13/h10H,2-9,13H2,1H3,(H,14,18)(H,15,17). The summed E-state index contributed by atoms with van der Waals surface area (Å²) in [6.45, 7) is 5.15. The molecule has 0 aliphatic carbocycles. The molecule has 1 fully saturated rings. The van der Waals surface area contributed by atoms with Crippen molar-refractivity contribution in [1.29, 1.82) is 0 Å². The van der Waals surface area contributed by atoms with E-state index in [1.807, 2.05) is 6.92 Å². The average Bonchev–Trinajstić information content (AvgIpc) is 2.45. The van der Waals surface area contributed by atoms with Crippen LogP contribution in [0.25, 0.3) is 0 Å². The first kappa shape index (κ1) is 15.9. The lowest BCUT2D eigenvalue weighted by Crippen LogP contribution is -2.54. The number of hydrogen-bond acceptors (Lipinski definition) is 5. The Balaban J connectivity index is 2.39. The van der Waals surface area contributed by atoms with Crippen molar-refractivity contribution in [3.63, 3.8) is 0 Å². The highest BCUT2D eigenvalue weighted by atomic mass is 16.5. The maximum Gasteiger partial charge on any atom is 0.239 e. The van der Waals surface area contributed by atoms with Crippen LogP contribution in [-0.2, 0) is 14.3 Å². The zero-order valence-corrected chi connectivity index (χ0v) is 11.5. The summed E-state index contributed by atoms with van der Waals surface area (Å²) in [4.78, 5) is 25.1. The summed E-state index contributed by atoms with van der Waals surface area (Å²) < 4.78 is 5.36. The van der Waals surface area contributed by atoms with E-state index in [4.69, 9.17) is 10.6 Å². The minimum atomic E-state index is -0.249. The second-order valence-electron chi connectivity index (χ2n) is 4.59. The fourth-order valence-corrected chi connectivity index (χ4v) is 2.03. The molecule has 1 saturated heterocycles. The summed E-state index contributed by atoms with van der Waals surface area (Å²) in [5.74, 6) is 4.85. The van der Waals surface area contributed by atoms with Gasteiger partial charge in [0.15, 0.2) is 0 Å². The van der Waals surface area contributed by atoms with Gasteiger partial charge >= 0.3 is 0 Å². The molecule has 0 aromatic carbocycles. The molecule has 1 aliphatic rings. The lowest BCUT2D eigenvalue weighted by molar-refractivity contribution is -0.132. The molecule has 1 aliphatic heterocycles. The Labute approximate surface area is 113 Å². The number of hydrogen-bond donors (Lipinski definition) is 3. The lowest BCUT2D eigenvalue weighted by atomic mass is 10.2. The first-order chi connectivity index (χ1) is 9.19. The van der Waals surface area contributed by atoms with E-state index in [-0.39, 0.29) is 17.9 Å². The maximum absolute atomic E-state index is 12.0. The quantitative estimate of drug-likeness (QED) is 0.313. The third kappa shape index (κ3) is 5.54. The highest BCUT2D eigenvalue weighted by Crippen LogP contribution is 2.08. The van der Waals surface area contributed by atoms with Crippen molar-refractivity contribution in [2.45, 2.75) is 32.2 Å². The Bertz CT molecular complexity index is 299. The van der Waals surface area contributed by atoms with Crippen LogP contribution in [0.3, 0.4) is 0 Å². The summed E-state index contributed by atoms with van der Waals surface area (Å²) in [5, 5.41) is 2.88. The summed E-state index contributed by atoms with van der Waals surface area (Å²) in [6, 6.07) is -0.249. The lowest BCUT2D eigenvalue weighted by Gasteiger charge is -2.34. The Morgan fingerprint density at radius 1 is 1.47 bits per heavy atom. The van der Waals surface area contributed by atoms with Gasteiger partial charge in [-0.3, -0.25) is 19.9 Å². The molecule has 7 nitrogen and oxygen atoms in total. The molecular weight excluding hydrogens is 248 g/mol. The number of rotatable bonds is 7. The first-order valence-corrected chi connectivity index (χ1v) is 6.78. The number of carbonyl (C=O) groups excluding carboxylic acids is 2. The van der Waals surface area contributed by atoms with Gasteiger partial charge < -0.3 is 10.1 Å². The number of morpholine rings is 1. The van der Waals surface area contributed by atoms with Gasteiger partial charge in [0, 0.05) is 19.5 Å². The predicted octanol–water partition coefficient (Wildman–Crippen LogP) is -1.02. The van der Waals surface area contributed by atoms with Crippen molar-refractivity contribution in [3.8, 4) is 0 Å². The summed E-state index contributed by atoms with van der Waals surface area (Å²) in [6.07, 6.45) is 1.97. The monoisotopic (exact) mass is 272 g/mol. The van der Waals surface area contributed by atoms with Gasteiger partial charge in [-0.15, -0.1) is 0 Å². The van der Waals surface area contributed by atoms with Gasteiger partial charge in [-0.2, -0.15) is 0 Å². The molecule has 1 heterocycles. The third-order valence-corrected chi connectivity index (χ3v) is 3.10. The van der Waals surface area contributed by atoms with Gasteiger partial charge in [-0.25, -0.2) is 5.84 Å². The van der Waals surface area contributed by atoms with Crippen molar-refractivity contribution < 1.29 is 14.3 Å². The van der Waals surface area contributed by atoms with Crippen LogP contribution in [-0.4, -0.2) is 55.6 Å². The van der Waals surface area contributed by atoms with Gasteiger partial charge in [0.1, 0.15) is 6.04 Å². The van der Waals surface area contributed by atoms with Crippen molar-refractivity contribution >= 4 is 11.8 Å². The minimum absolute atomic E-state index is 0.00447. The number of nitrogens with zero attached hydrogens (tertiary/aromatic N) is 1. The van der Waals surface area contributed by atoms with Crippen molar-refractivity contribution in [3.05, 3.63) is 0 Å². The number of amides is 2. The SMILES string of the molecule is CCCNC(=O)C1COCCN1CCCC(=O)NN. The summed E-state index contributed by atoms with van der Waals surface area (Å²) in [5.41, 5.74) is 2.10. The number of nitrogens with two attached hydrogens (primary N) is 1. The van der Waals surface area contributed by atoms with Crippen LogP contribution in [0, 0.1) is 0 Å². The highest BCUT2D eigenvalue weighted by molar-refractivity contribution is 5.82. The molecule has 0 bridgehead atoms. The average molecular weight is 272 g/mol. The molecule has 1 rings (SSSR count). The van der Waals surface area contributed by atoms with E-state index in [0.717, 1.165) is 6.42 Å². The van der Waals surface area contributed by atoms with Gasteiger partial charge in [0.2, 0.25) is 11.8 Å². The van der Waals surface area contributed by atoms with Gasteiger partial charge in [0.25, 0.3) is 0 Å². The van der Waals surface area contributed by atoms with Crippen molar-refractivity contribution in [2.75, 3.05) is 32.8 Å². The predicted molar refractivity (Wildman–Crippen MR) is 71.0 cm³/mol. The smallest absolute Gasteiger partial charge is 0.239 e. The molecule has 19 heavy (non-hydrogen) atoms. The summed E-state index contributed by atoms with van der Waals surface area (Å²) >= 11 is 0. The fourth-order valence-electron chi connectivity index (χ4n) is 2.03. The Kier molecular flexibility index (Phi) is 7.39. The van der Waals surface area contributed by atoms with Crippen molar-refractivity contribution in [2.24, 2.45) is 5.84 Å². The number of carbonyl (C=O) groups is 2. The van der Waals surface area contributed by atoms with E-state index in [1.54, 1.807) is 0 Å². The molecule has 0 aromatic heterocycles. The molecule has 0 radical (unpaired) electrons. The van der Waals surface area contributed by atoms with E-state index in [1.165, 1.54) is 0 Å². The fraction of sp³-hybridized carbons (Fsp3) is 0.833. The molecular formula is C12H24N4O3. The minimum Gasteiger partial charge on any atom is -0.378 e. The number of ether oxygens (including phenoxy) is 1. The first-order valence-electron chi connectivity index (χ1n) is 6.78. The van der Waals surface area contributed by atoms with E-state index in [2.05, 4.69) is 15.6 Å². The Morgan fingerprint density at radius 3 is 2.95 bits per heavy atom. The van der Waals surface area contributed by atoms with Crippen LogP contribution >= 0.6 is 0 Å². The normalized spacial score (nSPS) is 20.0. The third-order valence-electron chi connectivity index (χ3n) is 3.10. The molecule has 2 amide bonds. The maximum atomic E-state index is 12.0. The van der Waals surface area contributed by atoms with Gasteiger partial charge in [-0.05, 0) is 19.4 Å². The molecule has 4 N–H and O–H groups in total. The van der Waals surface area contributed by atoms with Crippen LogP contribution in [0.15, 0.2) is 0 Å². The van der Waals surface area contributed by atoms with Gasteiger partial charge in [0.05, 0.1) is 13.2 Å². The van der Waals surface area contributed by atoms with Crippen molar-refractivity contribution in [1.82, 2.24) is 15.6 Å². The number of hydrazine groups is 1. The molecule has 1 unspecified atom stereocenters. The molecule has 0 aromatic rings. The van der Waals surface area contributed by atoms with Gasteiger partial charge in [-0.1, -0.05) is 6.92 Å². The van der Waals surface area contributed by atoms with Crippen LogP contribution in [0.5, 0.6) is 0 Å². The number of nitrogens with one attached hydrogen (secondary N) is 2. The van der Waals surface area contributed by atoms with Crippen LogP contribution < -0.4 is 16.6 Å². The van der Waals surface area contributed by atoms with E-state index in [9.17, 15) is 9.59 Å².